The maximum atomic E-state index is 12.3. The number of hydrogen-bond acceptors (Lipinski definition) is 5. The highest BCUT2D eigenvalue weighted by atomic mass is 16.6. The second-order valence-corrected chi connectivity index (χ2v) is 6.47. The van der Waals surface area contributed by atoms with E-state index in [2.05, 4.69) is 12.2 Å². The summed E-state index contributed by atoms with van der Waals surface area (Å²) >= 11 is 0. The minimum Gasteiger partial charge on any atom is -0.497 e. The van der Waals surface area contributed by atoms with Crippen molar-refractivity contribution in [1.82, 2.24) is 0 Å². The Morgan fingerprint density at radius 1 is 0.800 bits per heavy atom. The number of carbonyl (C=O) groups is 2. The zero-order chi connectivity index (χ0) is 21.3. The molecule has 6 nitrogen and oxygen atoms in total. The molecule has 0 unspecified atom stereocenters. The van der Waals surface area contributed by atoms with Gasteiger partial charge in [-0.15, -0.1) is 0 Å². The number of nitrogens with one attached hydrogen (secondary N) is 1. The number of esters is 1. The quantitative estimate of drug-likeness (QED) is 0.441. The Balaban J connectivity index is 1.50. The standard InChI is InChI=1S/C24H23NO5/c1-3-17-4-10-21(11-5-17)29-16-23(26)30-22-12-6-18(7-13-22)24(27)25-19-8-14-20(28-2)15-9-19/h4-15H,3,16H2,1-2H3,(H,25,27). The minimum absolute atomic E-state index is 0.203. The van der Waals surface area contributed by atoms with E-state index in [-0.39, 0.29) is 12.5 Å². The summed E-state index contributed by atoms with van der Waals surface area (Å²) in [5.74, 6) is 0.864. The molecule has 30 heavy (non-hydrogen) atoms. The zero-order valence-corrected chi connectivity index (χ0v) is 16.9. The molecular weight excluding hydrogens is 382 g/mol. The van der Waals surface area contributed by atoms with Crippen molar-refractivity contribution in [1.29, 1.82) is 0 Å². The van der Waals surface area contributed by atoms with Crippen LogP contribution in [0.4, 0.5) is 5.69 Å². The largest absolute Gasteiger partial charge is 0.497 e. The second-order valence-electron chi connectivity index (χ2n) is 6.47. The Morgan fingerprint density at radius 3 is 2.00 bits per heavy atom. The molecule has 0 bridgehead atoms. The lowest BCUT2D eigenvalue weighted by Gasteiger charge is -2.09. The number of ether oxygens (including phenoxy) is 3. The number of aryl methyl sites for hydroxylation is 1. The van der Waals surface area contributed by atoms with Gasteiger partial charge >= 0.3 is 5.97 Å². The Kier molecular flexibility index (Phi) is 7.05. The van der Waals surface area contributed by atoms with Crippen LogP contribution >= 0.6 is 0 Å². The normalized spacial score (nSPS) is 10.2. The monoisotopic (exact) mass is 405 g/mol. The van der Waals surface area contributed by atoms with Gasteiger partial charge in [-0.1, -0.05) is 19.1 Å². The van der Waals surface area contributed by atoms with Gasteiger partial charge in [-0.2, -0.15) is 0 Å². The number of carbonyl (C=O) groups excluding carboxylic acids is 2. The van der Waals surface area contributed by atoms with Gasteiger partial charge in [0, 0.05) is 11.3 Å². The molecule has 0 aliphatic rings. The van der Waals surface area contributed by atoms with Crippen molar-refractivity contribution in [3.63, 3.8) is 0 Å². The lowest BCUT2D eigenvalue weighted by molar-refractivity contribution is -0.136. The summed E-state index contributed by atoms with van der Waals surface area (Å²) in [5, 5.41) is 2.79. The molecule has 0 saturated carbocycles. The second kappa shape index (κ2) is 10.1. The van der Waals surface area contributed by atoms with E-state index >= 15 is 0 Å². The average molecular weight is 405 g/mol. The predicted molar refractivity (Wildman–Crippen MR) is 114 cm³/mol. The third kappa shape index (κ3) is 5.85. The number of methoxy groups -OCH3 is 1. The van der Waals surface area contributed by atoms with E-state index in [1.807, 2.05) is 24.3 Å². The summed E-state index contributed by atoms with van der Waals surface area (Å²) in [4.78, 5) is 24.3. The molecule has 0 radical (unpaired) electrons. The van der Waals surface area contributed by atoms with Gasteiger partial charge in [0.1, 0.15) is 17.2 Å². The number of amides is 1. The van der Waals surface area contributed by atoms with Crippen LogP contribution in [0.2, 0.25) is 0 Å². The van der Waals surface area contributed by atoms with Crippen molar-refractivity contribution in [2.75, 3.05) is 19.0 Å². The fourth-order valence-corrected chi connectivity index (χ4v) is 2.68. The van der Waals surface area contributed by atoms with E-state index in [0.29, 0.717) is 28.5 Å². The fraction of sp³-hybridized carbons (Fsp3) is 0.167. The van der Waals surface area contributed by atoms with Crippen LogP contribution < -0.4 is 19.5 Å². The molecule has 3 aromatic carbocycles. The Labute approximate surface area is 175 Å². The van der Waals surface area contributed by atoms with Gasteiger partial charge in [0.2, 0.25) is 0 Å². The molecule has 3 aromatic rings. The molecule has 6 heteroatoms. The Morgan fingerprint density at radius 2 is 1.40 bits per heavy atom. The van der Waals surface area contributed by atoms with Crippen molar-refractivity contribution >= 4 is 17.6 Å². The Hall–Kier alpha value is -3.80. The molecular formula is C24H23NO5. The first-order valence-electron chi connectivity index (χ1n) is 9.55. The van der Waals surface area contributed by atoms with Crippen LogP contribution in [0, 0.1) is 0 Å². The first kappa shape index (κ1) is 20.9. The number of benzene rings is 3. The van der Waals surface area contributed by atoms with E-state index in [9.17, 15) is 9.59 Å². The van der Waals surface area contributed by atoms with E-state index in [1.165, 1.54) is 5.56 Å². The molecule has 0 fully saturated rings. The van der Waals surface area contributed by atoms with Gasteiger partial charge in [0.25, 0.3) is 5.91 Å². The predicted octanol–water partition coefficient (Wildman–Crippen LogP) is 4.49. The number of hydrogen-bond donors (Lipinski definition) is 1. The van der Waals surface area contributed by atoms with Crippen LogP contribution in [0.3, 0.4) is 0 Å². The van der Waals surface area contributed by atoms with E-state index in [0.717, 1.165) is 6.42 Å². The summed E-state index contributed by atoms with van der Waals surface area (Å²) in [6, 6.07) is 20.9. The van der Waals surface area contributed by atoms with Crippen LogP contribution in [0.1, 0.15) is 22.8 Å². The van der Waals surface area contributed by atoms with Gasteiger partial charge < -0.3 is 19.5 Å². The fourth-order valence-electron chi connectivity index (χ4n) is 2.68. The van der Waals surface area contributed by atoms with Gasteiger partial charge in [-0.25, -0.2) is 4.79 Å². The minimum atomic E-state index is -0.523. The molecule has 0 aliphatic heterocycles. The number of anilines is 1. The zero-order valence-electron chi connectivity index (χ0n) is 16.9. The summed E-state index contributed by atoms with van der Waals surface area (Å²) in [6.07, 6.45) is 0.941. The summed E-state index contributed by atoms with van der Waals surface area (Å²) < 4.78 is 15.8. The number of rotatable bonds is 8. The Bertz CT molecular complexity index is 980. The van der Waals surface area contributed by atoms with Crippen LogP contribution in [-0.4, -0.2) is 25.6 Å². The van der Waals surface area contributed by atoms with Crippen LogP contribution in [-0.2, 0) is 11.2 Å². The van der Waals surface area contributed by atoms with Crippen LogP contribution in [0.15, 0.2) is 72.8 Å². The smallest absolute Gasteiger partial charge is 0.349 e. The van der Waals surface area contributed by atoms with Gasteiger partial charge in [-0.05, 0) is 72.6 Å². The maximum absolute atomic E-state index is 12.3. The van der Waals surface area contributed by atoms with Crippen LogP contribution in [0.5, 0.6) is 17.2 Å². The third-order valence-electron chi connectivity index (χ3n) is 4.38. The maximum Gasteiger partial charge on any atom is 0.349 e. The SMILES string of the molecule is CCc1ccc(OCC(=O)Oc2ccc(C(=O)Nc3ccc(OC)cc3)cc2)cc1. The molecule has 0 atom stereocenters. The van der Waals surface area contributed by atoms with Crippen molar-refractivity contribution in [3.8, 4) is 17.2 Å². The average Bonchev–Trinajstić information content (AvgIpc) is 2.79. The van der Waals surface area contributed by atoms with Crippen molar-refractivity contribution in [2.24, 2.45) is 0 Å². The first-order chi connectivity index (χ1) is 14.6. The molecule has 1 amide bonds. The van der Waals surface area contributed by atoms with Gasteiger partial charge in [-0.3, -0.25) is 4.79 Å². The molecule has 0 aromatic heterocycles. The molecule has 0 heterocycles. The molecule has 154 valence electrons. The lowest BCUT2D eigenvalue weighted by Crippen LogP contribution is -2.18. The van der Waals surface area contributed by atoms with Crippen molar-refractivity contribution in [2.45, 2.75) is 13.3 Å². The molecule has 0 aliphatic carbocycles. The van der Waals surface area contributed by atoms with E-state index < -0.39 is 5.97 Å². The lowest BCUT2D eigenvalue weighted by atomic mass is 10.2. The summed E-state index contributed by atoms with van der Waals surface area (Å²) in [6.45, 7) is 1.87. The summed E-state index contributed by atoms with van der Waals surface area (Å²) in [5.41, 5.74) is 2.29. The van der Waals surface area contributed by atoms with Crippen molar-refractivity contribution < 1.29 is 23.8 Å². The van der Waals surface area contributed by atoms with E-state index in [1.54, 1.807) is 55.6 Å². The molecule has 0 saturated heterocycles. The highest BCUT2D eigenvalue weighted by molar-refractivity contribution is 6.04. The first-order valence-corrected chi connectivity index (χ1v) is 9.55. The van der Waals surface area contributed by atoms with Crippen LogP contribution in [0.25, 0.3) is 0 Å². The van der Waals surface area contributed by atoms with Gasteiger partial charge in [0.15, 0.2) is 6.61 Å². The summed E-state index contributed by atoms with van der Waals surface area (Å²) in [7, 11) is 1.58. The highest BCUT2D eigenvalue weighted by Gasteiger charge is 2.09. The van der Waals surface area contributed by atoms with Gasteiger partial charge in [0.05, 0.1) is 7.11 Å². The van der Waals surface area contributed by atoms with E-state index in [4.69, 9.17) is 14.2 Å². The molecule has 0 spiro atoms. The topological polar surface area (TPSA) is 73.9 Å². The molecule has 1 N–H and O–H groups in total. The van der Waals surface area contributed by atoms with Crippen molar-refractivity contribution in [3.05, 3.63) is 83.9 Å². The highest BCUT2D eigenvalue weighted by Crippen LogP contribution is 2.18. The molecule has 3 rings (SSSR count). The third-order valence-corrected chi connectivity index (χ3v) is 4.38.